The first-order chi connectivity index (χ1) is 10.8. The van der Waals surface area contributed by atoms with Crippen LogP contribution in [0.15, 0.2) is 42.5 Å². The number of nitrogens with one attached hydrogen (secondary N) is 2. The van der Waals surface area contributed by atoms with E-state index in [0.717, 1.165) is 42.0 Å². The first-order valence-electron chi connectivity index (χ1n) is 7.71. The SMILES string of the molecule is O=C(NC1CCOc2ccccc21)c1ccc2c(c1)CCN2. The summed E-state index contributed by atoms with van der Waals surface area (Å²) in [5.74, 6) is 0.855. The van der Waals surface area contributed by atoms with Crippen LogP contribution in [0.2, 0.25) is 0 Å². The van der Waals surface area contributed by atoms with Crippen LogP contribution >= 0.6 is 0 Å². The van der Waals surface area contributed by atoms with Crippen molar-refractivity contribution in [1.29, 1.82) is 0 Å². The largest absolute Gasteiger partial charge is 0.493 e. The van der Waals surface area contributed by atoms with Crippen molar-refractivity contribution < 1.29 is 9.53 Å². The number of ether oxygens (including phenoxy) is 1. The molecule has 0 spiro atoms. The van der Waals surface area contributed by atoms with Crippen LogP contribution in [-0.4, -0.2) is 19.1 Å². The Hall–Kier alpha value is -2.49. The highest BCUT2D eigenvalue weighted by Crippen LogP contribution is 2.32. The van der Waals surface area contributed by atoms with Crippen LogP contribution in [0.25, 0.3) is 0 Å². The Bertz CT molecular complexity index is 727. The maximum Gasteiger partial charge on any atom is 0.251 e. The molecule has 2 aliphatic rings. The van der Waals surface area contributed by atoms with E-state index in [1.165, 1.54) is 5.56 Å². The number of anilines is 1. The van der Waals surface area contributed by atoms with E-state index in [-0.39, 0.29) is 11.9 Å². The number of amides is 1. The Balaban J connectivity index is 1.55. The fourth-order valence-corrected chi connectivity index (χ4v) is 3.18. The molecule has 2 N–H and O–H groups in total. The lowest BCUT2D eigenvalue weighted by Crippen LogP contribution is -2.32. The zero-order valence-electron chi connectivity index (χ0n) is 12.3. The highest BCUT2D eigenvalue weighted by Gasteiger charge is 2.23. The summed E-state index contributed by atoms with van der Waals surface area (Å²) in [7, 11) is 0. The molecule has 4 rings (SSSR count). The van der Waals surface area contributed by atoms with Gasteiger partial charge in [-0.15, -0.1) is 0 Å². The van der Waals surface area contributed by atoms with E-state index < -0.39 is 0 Å². The number of carbonyl (C=O) groups is 1. The summed E-state index contributed by atoms with van der Waals surface area (Å²) in [6.45, 7) is 1.59. The molecule has 0 aliphatic carbocycles. The zero-order valence-corrected chi connectivity index (χ0v) is 12.3. The highest BCUT2D eigenvalue weighted by atomic mass is 16.5. The monoisotopic (exact) mass is 294 g/mol. The molecule has 112 valence electrons. The normalized spacial score (nSPS) is 18.6. The molecule has 4 nitrogen and oxygen atoms in total. The first-order valence-corrected chi connectivity index (χ1v) is 7.71. The van der Waals surface area contributed by atoms with Gasteiger partial charge in [-0.1, -0.05) is 18.2 Å². The third-order valence-corrected chi connectivity index (χ3v) is 4.34. The maximum atomic E-state index is 12.6. The van der Waals surface area contributed by atoms with Crippen molar-refractivity contribution in [3.05, 3.63) is 59.2 Å². The number of para-hydroxylation sites is 1. The number of carbonyl (C=O) groups excluding carboxylic acids is 1. The van der Waals surface area contributed by atoms with Crippen molar-refractivity contribution in [2.24, 2.45) is 0 Å². The molecule has 0 bridgehead atoms. The van der Waals surface area contributed by atoms with E-state index in [9.17, 15) is 4.79 Å². The third kappa shape index (κ3) is 2.30. The predicted molar refractivity (Wildman–Crippen MR) is 85.4 cm³/mol. The molecule has 2 aromatic rings. The lowest BCUT2D eigenvalue weighted by Gasteiger charge is -2.26. The average Bonchev–Trinajstić information content (AvgIpc) is 3.02. The van der Waals surface area contributed by atoms with Crippen LogP contribution in [0, 0.1) is 0 Å². The van der Waals surface area contributed by atoms with E-state index in [0.29, 0.717) is 6.61 Å². The zero-order chi connectivity index (χ0) is 14.9. The summed E-state index contributed by atoms with van der Waals surface area (Å²) < 4.78 is 5.64. The molecule has 2 aromatic carbocycles. The van der Waals surface area contributed by atoms with Gasteiger partial charge >= 0.3 is 0 Å². The van der Waals surface area contributed by atoms with Gasteiger partial charge in [-0.05, 0) is 36.2 Å². The molecule has 2 heterocycles. The fourth-order valence-electron chi connectivity index (χ4n) is 3.18. The van der Waals surface area contributed by atoms with Crippen LogP contribution in [0.5, 0.6) is 5.75 Å². The second-order valence-corrected chi connectivity index (χ2v) is 5.75. The smallest absolute Gasteiger partial charge is 0.251 e. The van der Waals surface area contributed by atoms with Gasteiger partial charge < -0.3 is 15.4 Å². The fraction of sp³-hybridized carbons (Fsp3) is 0.278. The molecular weight excluding hydrogens is 276 g/mol. The quantitative estimate of drug-likeness (QED) is 0.895. The molecule has 0 saturated heterocycles. The molecule has 2 aliphatic heterocycles. The van der Waals surface area contributed by atoms with Gasteiger partial charge in [-0.2, -0.15) is 0 Å². The van der Waals surface area contributed by atoms with Gasteiger partial charge in [0.15, 0.2) is 0 Å². The van der Waals surface area contributed by atoms with Crippen molar-refractivity contribution >= 4 is 11.6 Å². The van der Waals surface area contributed by atoms with Crippen LogP contribution in [0.1, 0.15) is 33.9 Å². The average molecular weight is 294 g/mol. The summed E-state index contributed by atoms with van der Waals surface area (Å²) >= 11 is 0. The van der Waals surface area contributed by atoms with Crippen molar-refractivity contribution in [2.45, 2.75) is 18.9 Å². The summed E-state index contributed by atoms with van der Waals surface area (Å²) in [4.78, 5) is 12.6. The highest BCUT2D eigenvalue weighted by molar-refractivity contribution is 5.95. The Morgan fingerprint density at radius 2 is 2.14 bits per heavy atom. The van der Waals surface area contributed by atoms with Gasteiger partial charge in [-0.3, -0.25) is 4.79 Å². The number of hydrogen-bond donors (Lipinski definition) is 2. The minimum absolute atomic E-state index is 0.0172. The summed E-state index contributed by atoms with van der Waals surface area (Å²) in [6, 6.07) is 13.8. The Kier molecular flexibility index (Phi) is 3.22. The van der Waals surface area contributed by atoms with Gasteiger partial charge in [0.05, 0.1) is 12.6 Å². The lowest BCUT2D eigenvalue weighted by atomic mass is 10.00. The van der Waals surface area contributed by atoms with Crippen molar-refractivity contribution in [3.63, 3.8) is 0 Å². The number of hydrogen-bond acceptors (Lipinski definition) is 3. The molecule has 1 unspecified atom stereocenters. The predicted octanol–water partition coefficient (Wildman–Crippen LogP) is 2.91. The first kappa shape index (κ1) is 13.2. The van der Waals surface area contributed by atoms with Gasteiger partial charge in [0.2, 0.25) is 0 Å². The standard InChI is InChI=1S/C18H18N2O2/c21-18(13-5-6-15-12(11-13)7-9-19-15)20-16-8-10-22-17-4-2-1-3-14(16)17/h1-6,11,16,19H,7-10H2,(H,20,21). The van der Waals surface area contributed by atoms with Gasteiger partial charge in [0.25, 0.3) is 5.91 Å². The minimum atomic E-state index is -0.0172. The molecule has 1 amide bonds. The van der Waals surface area contributed by atoms with Crippen molar-refractivity contribution in [2.75, 3.05) is 18.5 Å². The molecule has 22 heavy (non-hydrogen) atoms. The van der Waals surface area contributed by atoms with Crippen molar-refractivity contribution in [3.8, 4) is 5.75 Å². The van der Waals surface area contributed by atoms with E-state index >= 15 is 0 Å². The van der Waals surface area contributed by atoms with Gasteiger partial charge in [0, 0.05) is 29.8 Å². The van der Waals surface area contributed by atoms with Crippen LogP contribution in [0.3, 0.4) is 0 Å². The third-order valence-electron chi connectivity index (χ3n) is 4.34. The molecule has 4 heteroatoms. The Morgan fingerprint density at radius 3 is 3.09 bits per heavy atom. The van der Waals surface area contributed by atoms with Crippen LogP contribution in [0.4, 0.5) is 5.69 Å². The number of rotatable bonds is 2. The summed E-state index contributed by atoms with van der Waals surface area (Å²) in [5, 5.41) is 6.46. The number of benzene rings is 2. The molecule has 1 atom stereocenters. The molecular formula is C18H18N2O2. The summed E-state index contributed by atoms with van der Waals surface area (Å²) in [5.41, 5.74) is 4.16. The lowest BCUT2D eigenvalue weighted by molar-refractivity contribution is 0.0924. The Labute approximate surface area is 129 Å². The summed E-state index contributed by atoms with van der Waals surface area (Å²) in [6.07, 6.45) is 1.78. The molecule has 0 fully saturated rings. The molecule has 0 saturated carbocycles. The van der Waals surface area contributed by atoms with Gasteiger partial charge in [-0.25, -0.2) is 0 Å². The van der Waals surface area contributed by atoms with E-state index in [2.05, 4.69) is 10.6 Å². The topological polar surface area (TPSA) is 50.4 Å². The van der Waals surface area contributed by atoms with E-state index in [1.807, 2.05) is 42.5 Å². The molecule has 0 aromatic heterocycles. The second kappa shape index (κ2) is 5.37. The van der Waals surface area contributed by atoms with Crippen molar-refractivity contribution in [1.82, 2.24) is 5.32 Å². The Morgan fingerprint density at radius 1 is 1.23 bits per heavy atom. The van der Waals surface area contributed by atoms with Crippen LogP contribution in [-0.2, 0) is 6.42 Å². The maximum absolute atomic E-state index is 12.6. The minimum Gasteiger partial charge on any atom is -0.493 e. The second-order valence-electron chi connectivity index (χ2n) is 5.75. The van der Waals surface area contributed by atoms with E-state index in [4.69, 9.17) is 4.74 Å². The van der Waals surface area contributed by atoms with Gasteiger partial charge in [0.1, 0.15) is 5.75 Å². The van der Waals surface area contributed by atoms with E-state index in [1.54, 1.807) is 0 Å². The molecule has 0 radical (unpaired) electrons. The number of fused-ring (bicyclic) bond motifs is 2. The van der Waals surface area contributed by atoms with Crippen LogP contribution < -0.4 is 15.4 Å².